The van der Waals surface area contributed by atoms with Crippen molar-refractivity contribution in [3.63, 3.8) is 0 Å². The van der Waals surface area contributed by atoms with E-state index in [9.17, 15) is 0 Å². The molecule has 0 aliphatic heterocycles. The molecule has 3 nitrogen and oxygen atoms in total. The van der Waals surface area contributed by atoms with E-state index in [0.29, 0.717) is 6.04 Å². The quantitative estimate of drug-likeness (QED) is 0.824. The lowest BCUT2D eigenvalue weighted by Gasteiger charge is -2.23. The predicted octanol–water partition coefficient (Wildman–Crippen LogP) is 4.12. The first-order chi connectivity index (χ1) is 9.65. The second-order valence-electron chi connectivity index (χ2n) is 6.05. The second kappa shape index (κ2) is 5.31. The van der Waals surface area contributed by atoms with Gasteiger partial charge in [0.25, 0.3) is 0 Å². The standard InChI is InChI=1S/C17H23N3/c1-11-9-14-15(10-19-11)16(18)7-8-17(14)20-12(2)13-5-3-4-6-13/h7-10,12-13,20H,3-6,18H2,1-2H3. The lowest BCUT2D eigenvalue weighted by molar-refractivity contribution is 0.482. The van der Waals surface area contributed by atoms with E-state index in [-0.39, 0.29) is 0 Å². The van der Waals surface area contributed by atoms with Crippen LogP contribution in [0.15, 0.2) is 24.4 Å². The first kappa shape index (κ1) is 13.2. The van der Waals surface area contributed by atoms with Crippen LogP contribution in [-0.4, -0.2) is 11.0 Å². The second-order valence-corrected chi connectivity index (χ2v) is 6.05. The molecule has 1 aromatic heterocycles. The smallest absolute Gasteiger partial charge is 0.0424 e. The van der Waals surface area contributed by atoms with Gasteiger partial charge in [-0.25, -0.2) is 0 Å². The van der Waals surface area contributed by atoms with Crippen molar-refractivity contribution in [3.05, 3.63) is 30.1 Å². The predicted molar refractivity (Wildman–Crippen MR) is 85.9 cm³/mol. The maximum atomic E-state index is 6.06. The van der Waals surface area contributed by atoms with Gasteiger partial charge in [-0.15, -0.1) is 0 Å². The van der Waals surface area contributed by atoms with Crippen molar-refractivity contribution < 1.29 is 0 Å². The van der Waals surface area contributed by atoms with Crippen molar-refractivity contribution >= 4 is 22.1 Å². The topological polar surface area (TPSA) is 50.9 Å². The maximum absolute atomic E-state index is 6.06. The van der Waals surface area contributed by atoms with Crippen molar-refractivity contribution in [3.8, 4) is 0 Å². The molecule has 2 aromatic rings. The molecule has 0 saturated heterocycles. The number of aromatic nitrogens is 1. The van der Waals surface area contributed by atoms with Crippen LogP contribution in [0.5, 0.6) is 0 Å². The van der Waals surface area contributed by atoms with Gasteiger partial charge in [0.05, 0.1) is 0 Å². The molecule has 3 rings (SSSR count). The third-order valence-corrected chi connectivity index (χ3v) is 4.56. The van der Waals surface area contributed by atoms with Gasteiger partial charge in [0.15, 0.2) is 0 Å². The number of nitrogen functional groups attached to an aromatic ring is 1. The zero-order chi connectivity index (χ0) is 14.1. The molecule has 1 aromatic carbocycles. The number of hydrogen-bond acceptors (Lipinski definition) is 3. The Hall–Kier alpha value is -1.77. The van der Waals surface area contributed by atoms with Gasteiger partial charge in [0, 0.05) is 40.1 Å². The molecule has 106 valence electrons. The molecule has 1 aliphatic carbocycles. The summed E-state index contributed by atoms with van der Waals surface area (Å²) < 4.78 is 0. The molecular formula is C17H23N3. The van der Waals surface area contributed by atoms with Crippen molar-refractivity contribution in [1.29, 1.82) is 0 Å². The highest BCUT2D eigenvalue weighted by atomic mass is 14.9. The van der Waals surface area contributed by atoms with Gasteiger partial charge < -0.3 is 11.1 Å². The molecule has 0 spiro atoms. The summed E-state index contributed by atoms with van der Waals surface area (Å²) in [5, 5.41) is 5.92. The summed E-state index contributed by atoms with van der Waals surface area (Å²) >= 11 is 0. The summed E-state index contributed by atoms with van der Waals surface area (Å²) in [6.45, 7) is 4.32. The Morgan fingerprint density at radius 2 is 2.00 bits per heavy atom. The van der Waals surface area contributed by atoms with Gasteiger partial charge in [-0.05, 0) is 50.8 Å². The van der Waals surface area contributed by atoms with E-state index in [4.69, 9.17) is 5.73 Å². The summed E-state index contributed by atoms with van der Waals surface area (Å²) in [6.07, 6.45) is 7.33. The molecule has 1 saturated carbocycles. The number of aryl methyl sites for hydroxylation is 1. The molecule has 1 aliphatic rings. The first-order valence-electron chi connectivity index (χ1n) is 7.56. The summed E-state index contributed by atoms with van der Waals surface area (Å²) in [5.74, 6) is 0.797. The van der Waals surface area contributed by atoms with E-state index in [0.717, 1.165) is 22.7 Å². The zero-order valence-corrected chi connectivity index (χ0v) is 12.3. The molecule has 0 bridgehead atoms. The van der Waals surface area contributed by atoms with E-state index in [1.165, 1.54) is 36.8 Å². The van der Waals surface area contributed by atoms with Crippen molar-refractivity contribution in [2.24, 2.45) is 5.92 Å². The number of nitrogens with zero attached hydrogens (tertiary/aromatic N) is 1. The van der Waals surface area contributed by atoms with Crippen molar-refractivity contribution in [2.75, 3.05) is 11.1 Å². The van der Waals surface area contributed by atoms with Gasteiger partial charge in [-0.3, -0.25) is 4.98 Å². The normalized spacial score (nSPS) is 17.5. The lowest BCUT2D eigenvalue weighted by Crippen LogP contribution is -2.23. The third-order valence-electron chi connectivity index (χ3n) is 4.56. The fourth-order valence-electron chi connectivity index (χ4n) is 3.31. The van der Waals surface area contributed by atoms with Gasteiger partial charge in [-0.1, -0.05) is 12.8 Å². The molecule has 1 heterocycles. The minimum atomic E-state index is 0.512. The molecule has 1 atom stereocenters. The SMILES string of the molecule is Cc1cc2c(NC(C)C3CCCC3)ccc(N)c2cn1. The van der Waals surface area contributed by atoms with Crippen LogP contribution >= 0.6 is 0 Å². The highest BCUT2D eigenvalue weighted by molar-refractivity contribution is 6.00. The molecule has 20 heavy (non-hydrogen) atoms. The Labute approximate surface area is 120 Å². The monoisotopic (exact) mass is 269 g/mol. The summed E-state index contributed by atoms with van der Waals surface area (Å²) in [7, 11) is 0. The molecule has 0 radical (unpaired) electrons. The van der Waals surface area contributed by atoms with E-state index >= 15 is 0 Å². The fraction of sp³-hybridized carbons (Fsp3) is 0.471. The lowest BCUT2D eigenvalue weighted by atomic mass is 9.98. The largest absolute Gasteiger partial charge is 0.398 e. The minimum absolute atomic E-state index is 0.512. The van der Waals surface area contributed by atoms with E-state index < -0.39 is 0 Å². The van der Waals surface area contributed by atoms with Gasteiger partial charge >= 0.3 is 0 Å². The van der Waals surface area contributed by atoms with Gasteiger partial charge in [-0.2, -0.15) is 0 Å². The van der Waals surface area contributed by atoms with Gasteiger partial charge in [0.1, 0.15) is 0 Å². The maximum Gasteiger partial charge on any atom is 0.0424 e. The van der Waals surface area contributed by atoms with Crippen molar-refractivity contribution in [1.82, 2.24) is 4.98 Å². The van der Waals surface area contributed by atoms with Crippen LogP contribution < -0.4 is 11.1 Å². The van der Waals surface area contributed by atoms with Crippen LogP contribution in [-0.2, 0) is 0 Å². The molecule has 3 heteroatoms. The number of nitrogens with one attached hydrogen (secondary N) is 1. The summed E-state index contributed by atoms with van der Waals surface area (Å²) in [5.41, 5.74) is 9.07. The summed E-state index contributed by atoms with van der Waals surface area (Å²) in [6, 6.07) is 6.71. The Kier molecular flexibility index (Phi) is 3.51. The average molecular weight is 269 g/mol. The number of anilines is 2. The average Bonchev–Trinajstić information content (AvgIpc) is 2.96. The van der Waals surface area contributed by atoms with Gasteiger partial charge in [0.2, 0.25) is 0 Å². The molecule has 0 amide bonds. The highest BCUT2D eigenvalue weighted by Crippen LogP contribution is 2.32. The molecule has 3 N–H and O–H groups in total. The van der Waals surface area contributed by atoms with E-state index in [1.807, 2.05) is 19.2 Å². The zero-order valence-electron chi connectivity index (χ0n) is 12.3. The first-order valence-corrected chi connectivity index (χ1v) is 7.56. The number of nitrogens with two attached hydrogens (primary N) is 1. The molecule has 1 unspecified atom stereocenters. The number of benzene rings is 1. The minimum Gasteiger partial charge on any atom is -0.398 e. The van der Waals surface area contributed by atoms with Crippen LogP contribution in [0, 0.1) is 12.8 Å². The number of fused-ring (bicyclic) bond motifs is 1. The van der Waals surface area contributed by atoms with Crippen LogP contribution in [0.1, 0.15) is 38.3 Å². The number of pyridine rings is 1. The van der Waals surface area contributed by atoms with Crippen LogP contribution in [0.25, 0.3) is 10.8 Å². The Morgan fingerprint density at radius 3 is 2.75 bits per heavy atom. The Bertz CT molecular complexity index is 615. The molecular weight excluding hydrogens is 246 g/mol. The van der Waals surface area contributed by atoms with Crippen LogP contribution in [0.2, 0.25) is 0 Å². The van der Waals surface area contributed by atoms with E-state index in [2.05, 4.69) is 29.4 Å². The fourth-order valence-corrected chi connectivity index (χ4v) is 3.31. The third kappa shape index (κ3) is 2.45. The van der Waals surface area contributed by atoms with Crippen LogP contribution in [0.3, 0.4) is 0 Å². The number of hydrogen-bond donors (Lipinski definition) is 2. The highest BCUT2D eigenvalue weighted by Gasteiger charge is 2.21. The molecule has 1 fully saturated rings. The Morgan fingerprint density at radius 1 is 1.25 bits per heavy atom. The number of rotatable bonds is 3. The Balaban J connectivity index is 1.94. The van der Waals surface area contributed by atoms with E-state index in [1.54, 1.807) is 0 Å². The van der Waals surface area contributed by atoms with Crippen molar-refractivity contribution in [2.45, 2.75) is 45.6 Å². The summed E-state index contributed by atoms with van der Waals surface area (Å²) in [4.78, 5) is 4.36. The van der Waals surface area contributed by atoms with Crippen LogP contribution in [0.4, 0.5) is 11.4 Å².